The molecule has 0 aliphatic rings. The SMILES string of the molecule is CN(C)c1ccc(C(=O)OCc2cc(-c3ccccc3)on2)cn1. The summed E-state index contributed by atoms with van der Waals surface area (Å²) in [4.78, 5) is 18.1. The van der Waals surface area contributed by atoms with E-state index in [9.17, 15) is 4.79 Å². The first kappa shape index (κ1) is 15.7. The van der Waals surface area contributed by atoms with Crippen molar-refractivity contribution in [3.63, 3.8) is 0 Å². The largest absolute Gasteiger partial charge is 0.455 e. The van der Waals surface area contributed by atoms with E-state index >= 15 is 0 Å². The Balaban J connectivity index is 1.61. The molecule has 3 aromatic rings. The molecule has 0 spiro atoms. The first-order chi connectivity index (χ1) is 11.6. The molecular formula is C18H17N3O3. The average Bonchev–Trinajstić information content (AvgIpc) is 3.09. The van der Waals surface area contributed by atoms with E-state index in [1.165, 1.54) is 6.20 Å². The van der Waals surface area contributed by atoms with Crippen LogP contribution < -0.4 is 4.90 Å². The second-order valence-corrected chi connectivity index (χ2v) is 5.42. The fourth-order valence-electron chi connectivity index (χ4n) is 2.11. The molecule has 0 saturated carbocycles. The molecule has 3 rings (SSSR count). The Kier molecular flexibility index (Phi) is 4.56. The summed E-state index contributed by atoms with van der Waals surface area (Å²) in [5.41, 5.74) is 1.87. The van der Waals surface area contributed by atoms with Crippen molar-refractivity contribution in [2.24, 2.45) is 0 Å². The summed E-state index contributed by atoms with van der Waals surface area (Å²) < 4.78 is 10.5. The quantitative estimate of drug-likeness (QED) is 0.672. The normalized spacial score (nSPS) is 10.4. The minimum absolute atomic E-state index is 0.0462. The van der Waals surface area contributed by atoms with Crippen LogP contribution in [0.15, 0.2) is 59.3 Å². The topological polar surface area (TPSA) is 68.5 Å². The molecule has 24 heavy (non-hydrogen) atoms. The summed E-state index contributed by atoms with van der Waals surface area (Å²) in [5, 5.41) is 3.92. The highest BCUT2D eigenvalue weighted by molar-refractivity contribution is 5.89. The minimum atomic E-state index is -0.447. The second kappa shape index (κ2) is 6.95. The lowest BCUT2D eigenvalue weighted by atomic mass is 10.2. The Bertz CT molecular complexity index is 811. The van der Waals surface area contributed by atoms with Crippen LogP contribution in [0.3, 0.4) is 0 Å². The van der Waals surface area contributed by atoms with E-state index in [4.69, 9.17) is 9.26 Å². The van der Waals surface area contributed by atoms with Gasteiger partial charge >= 0.3 is 5.97 Å². The molecule has 0 bridgehead atoms. The maximum atomic E-state index is 12.0. The van der Waals surface area contributed by atoms with Crippen LogP contribution in [0, 0.1) is 0 Å². The molecule has 1 aromatic carbocycles. The van der Waals surface area contributed by atoms with Crippen molar-refractivity contribution in [2.45, 2.75) is 6.61 Å². The molecule has 0 aliphatic carbocycles. The predicted octanol–water partition coefficient (Wildman–Crippen LogP) is 3.16. The zero-order valence-electron chi connectivity index (χ0n) is 13.5. The summed E-state index contributed by atoms with van der Waals surface area (Å²) in [6.07, 6.45) is 1.50. The lowest BCUT2D eigenvalue weighted by molar-refractivity contribution is 0.0464. The summed E-state index contributed by atoms with van der Waals surface area (Å²) in [6, 6.07) is 14.8. The molecule has 0 amide bonds. The van der Waals surface area contributed by atoms with Gasteiger partial charge in [0.1, 0.15) is 18.1 Å². The number of aromatic nitrogens is 2. The van der Waals surface area contributed by atoms with Gasteiger partial charge in [-0.15, -0.1) is 0 Å². The van der Waals surface area contributed by atoms with Crippen LogP contribution in [0.1, 0.15) is 16.1 Å². The number of pyridine rings is 1. The first-order valence-corrected chi connectivity index (χ1v) is 7.45. The van der Waals surface area contributed by atoms with Crippen molar-refractivity contribution in [2.75, 3.05) is 19.0 Å². The van der Waals surface area contributed by atoms with Crippen molar-refractivity contribution in [3.8, 4) is 11.3 Å². The van der Waals surface area contributed by atoms with Gasteiger partial charge < -0.3 is 14.2 Å². The molecular weight excluding hydrogens is 306 g/mol. The van der Waals surface area contributed by atoms with E-state index < -0.39 is 5.97 Å². The van der Waals surface area contributed by atoms with E-state index in [1.54, 1.807) is 18.2 Å². The van der Waals surface area contributed by atoms with Crippen molar-refractivity contribution in [3.05, 3.63) is 66.0 Å². The summed E-state index contributed by atoms with van der Waals surface area (Å²) in [7, 11) is 3.77. The number of benzene rings is 1. The fraction of sp³-hybridized carbons (Fsp3) is 0.167. The highest BCUT2D eigenvalue weighted by atomic mass is 16.5. The number of carbonyl (C=O) groups excluding carboxylic acids is 1. The van der Waals surface area contributed by atoms with Crippen molar-refractivity contribution in [1.29, 1.82) is 0 Å². The molecule has 6 heteroatoms. The third kappa shape index (κ3) is 3.60. The number of hydrogen-bond donors (Lipinski definition) is 0. The van der Waals surface area contributed by atoms with E-state index in [2.05, 4.69) is 10.1 Å². The molecule has 122 valence electrons. The van der Waals surface area contributed by atoms with Crippen LogP contribution in [-0.4, -0.2) is 30.2 Å². The number of anilines is 1. The van der Waals surface area contributed by atoms with Crippen LogP contribution >= 0.6 is 0 Å². The van der Waals surface area contributed by atoms with Gasteiger partial charge in [-0.3, -0.25) is 0 Å². The summed E-state index contributed by atoms with van der Waals surface area (Å²) in [5.74, 6) is 0.964. The standard InChI is InChI=1S/C18H17N3O3/c1-21(2)17-9-8-14(11-19-17)18(22)23-12-15-10-16(24-20-15)13-6-4-3-5-7-13/h3-11H,12H2,1-2H3. The molecule has 0 atom stereocenters. The van der Waals surface area contributed by atoms with Crippen molar-refractivity contribution < 1.29 is 14.1 Å². The minimum Gasteiger partial charge on any atom is -0.455 e. The Morgan fingerprint density at radius 3 is 2.62 bits per heavy atom. The number of hydrogen-bond acceptors (Lipinski definition) is 6. The van der Waals surface area contributed by atoms with Gasteiger partial charge in [0.05, 0.1) is 5.56 Å². The van der Waals surface area contributed by atoms with Crippen molar-refractivity contribution >= 4 is 11.8 Å². The van der Waals surface area contributed by atoms with Gasteiger partial charge in [-0.2, -0.15) is 0 Å². The molecule has 2 aromatic heterocycles. The van der Waals surface area contributed by atoms with Gasteiger partial charge in [0.2, 0.25) is 0 Å². The van der Waals surface area contributed by atoms with Gasteiger partial charge in [-0.25, -0.2) is 9.78 Å². The van der Waals surface area contributed by atoms with Gasteiger partial charge in [-0.1, -0.05) is 35.5 Å². The molecule has 6 nitrogen and oxygen atoms in total. The van der Waals surface area contributed by atoms with Crippen LogP contribution in [0.5, 0.6) is 0 Å². The molecule has 0 saturated heterocycles. The molecule has 2 heterocycles. The molecule has 0 unspecified atom stereocenters. The number of ether oxygens (including phenoxy) is 1. The lowest BCUT2D eigenvalue weighted by Gasteiger charge is -2.10. The van der Waals surface area contributed by atoms with Crippen LogP contribution in [-0.2, 0) is 11.3 Å². The van der Waals surface area contributed by atoms with E-state index in [0.29, 0.717) is 17.0 Å². The Hall–Kier alpha value is -3.15. The molecule has 0 aliphatic heterocycles. The second-order valence-electron chi connectivity index (χ2n) is 5.42. The molecule has 0 radical (unpaired) electrons. The van der Waals surface area contributed by atoms with Gasteiger partial charge in [0, 0.05) is 31.9 Å². The first-order valence-electron chi connectivity index (χ1n) is 7.45. The number of esters is 1. The molecule has 0 fully saturated rings. The van der Waals surface area contributed by atoms with Gasteiger partial charge in [-0.05, 0) is 12.1 Å². The van der Waals surface area contributed by atoms with Crippen LogP contribution in [0.2, 0.25) is 0 Å². The zero-order chi connectivity index (χ0) is 16.9. The van der Waals surface area contributed by atoms with E-state index in [1.807, 2.05) is 49.3 Å². The highest BCUT2D eigenvalue weighted by Crippen LogP contribution is 2.20. The lowest BCUT2D eigenvalue weighted by Crippen LogP contribution is -2.11. The maximum Gasteiger partial charge on any atom is 0.340 e. The predicted molar refractivity (Wildman–Crippen MR) is 89.6 cm³/mol. The number of nitrogens with zero attached hydrogens (tertiary/aromatic N) is 3. The number of carbonyl (C=O) groups is 1. The smallest absolute Gasteiger partial charge is 0.340 e. The van der Waals surface area contributed by atoms with Gasteiger partial charge in [0.25, 0.3) is 0 Å². The monoisotopic (exact) mass is 323 g/mol. The Morgan fingerprint density at radius 1 is 1.17 bits per heavy atom. The third-order valence-corrected chi connectivity index (χ3v) is 3.41. The van der Waals surface area contributed by atoms with E-state index in [-0.39, 0.29) is 6.61 Å². The zero-order valence-corrected chi connectivity index (χ0v) is 13.5. The number of rotatable bonds is 5. The van der Waals surface area contributed by atoms with Crippen LogP contribution in [0.4, 0.5) is 5.82 Å². The maximum absolute atomic E-state index is 12.0. The van der Waals surface area contributed by atoms with Crippen molar-refractivity contribution in [1.82, 2.24) is 10.1 Å². The van der Waals surface area contributed by atoms with E-state index in [0.717, 1.165) is 11.4 Å². The summed E-state index contributed by atoms with van der Waals surface area (Å²) >= 11 is 0. The fourth-order valence-corrected chi connectivity index (χ4v) is 2.11. The molecule has 0 N–H and O–H groups in total. The van der Waals surface area contributed by atoms with Gasteiger partial charge in [0.15, 0.2) is 5.76 Å². The highest BCUT2D eigenvalue weighted by Gasteiger charge is 2.11. The van der Waals surface area contributed by atoms with Crippen LogP contribution in [0.25, 0.3) is 11.3 Å². The Labute approximate surface area is 139 Å². The third-order valence-electron chi connectivity index (χ3n) is 3.41. The Morgan fingerprint density at radius 2 is 1.96 bits per heavy atom. The summed E-state index contributed by atoms with van der Waals surface area (Å²) in [6.45, 7) is 0.0462. The average molecular weight is 323 g/mol.